The summed E-state index contributed by atoms with van der Waals surface area (Å²) < 4.78 is 0. The molecule has 0 unspecified atom stereocenters. The van der Waals surface area contributed by atoms with Gasteiger partial charge in [-0.25, -0.2) is 0 Å². The van der Waals surface area contributed by atoms with Crippen LogP contribution in [0.2, 0.25) is 0 Å². The Hall–Kier alpha value is -2.44. The van der Waals surface area contributed by atoms with Crippen LogP contribution in [0.5, 0.6) is 0 Å². The molecule has 4 saturated carbocycles. The number of hydrogen-bond donors (Lipinski definition) is 1. The number of nitro benzene ring substituents is 1. The highest BCUT2D eigenvalue weighted by molar-refractivity contribution is 5.98. The van der Waals surface area contributed by atoms with Crippen LogP contribution in [-0.4, -0.2) is 41.8 Å². The second kappa shape index (κ2) is 6.87. The van der Waals surface area contributed by atoms with Gasteiger partial charge in [-0.2, -0.15) is 0 Å². The van der Waals surface area contributed by atoms with Crippen molar-refractivity contribution >= 4 is 17.5 Å². The molecule has 1 atom stereocenters. The molecule has 0 heterocycles. The molecule has 2 amide bonds. The number of carbonyl (C=O) groups excluding carboxylic acids is 2. The van der Waals surface area contributed by atoms with Gasteiger partial charge < -0.3 is 10.2 Å². The number of carbonyl (C=O) groups is 2. The van der Waals surface area contributed by atoms with Crippen LogP contribution < -0.4 is 5.32 Å². The Balaban J connectivity index is 1.59. The lowest BCUT2D eigenvalue weighted by molar-refractivity contribution is -0.384. The van der Waals surface area contributed by atoms with Crippen LogP contribution in [0.3, 0.4) is 0 Å². The zero-order chi connectivity index (χ0) is 20.1. The molecule has 0 aliphatic heterocycles. The molecule has 4 bridgehead atoms. The number of hydrogen-bond acceptors (Lipinski definition) is 4. The summed E-state index contributed by atoms with van der Waals surface area (Å²) in [6.07, 6.45) is 6.80. The number of nitrogens with zero attached hydrogens (tertiary/aromatic N) is 2. The molecule has 150 valence electrons. The van der Waals surface area contributed by atoms with Gasteiger partial charge in [-0.05, 0) is 68.4 Å². The van der Waals surface area contributed by atoms with Gasteiger partial charge in [0.25, 0.3) is 11.6 Å². The Kier molecular flexibility index (Phi) is 4.63. The summed E-state index contributed by atoms with van der Waals surface area (Å²) in [7, 11) is 3.46. The van der Waals surface area contributed by atoms with Gasteiger partial charge >= 0.3 is 0 Å². The number of amides is 2. The average molecular weight is 385 g/mol. The molecular weight excluding hydrogens is 358 g/mol. The summed E-state index contributed by atoms with van der Waals surface area (Å²) in [6.45, 7) is 0. The van der Waals surface area contributed by atoms with Crippen LogP contribution in [0.25, 0.3) is 0 Å². The third-order valence-corrected chi connectivity index (χ3v) is 7.00. The number of nitro groups is 1. The van der Waals surface area contributed by atoms with Gasteiger partial charge in [0.2, 0.25) is 5.91 Å². The van der Waals surface area contributed by atoms with E-state index in [1.807, 2.05) is 0 Å². The first kappa shape index (κ1) is 18.9. The maximum Gasteiger partial charge on any atom is 0.269 e. The van der Waals surface area contributed by atoms with Gasteiger partial charge in [0.15, 0.2) is 0 Å². The quantitative estimate of drug-likeness (QED) is 0.623. The lowest BCUT2D eigenvalue weighted by Crippen LogP contribution is -2.61. The second-order valence-electron chi connectivity index (χ2n) is 9.22. The van der Waals surface area contributed by atoms with Gasteiger partial charge in [0.05, 0.1) is 4.92 Å². The van der Waals surface area contributed by atoms with E-state index < -0.39 is 11.0 Å². The molecular formula is C21H27N3O4. The fourth-order valence-electron chi connectivity index (χ4n) is 6.22. The number of benzene rings is 1. The summed E-state index contributed by atoms with van der Waals surface area (Å²) >= 11 is 0. The standard InChI is InChI=1S/C21H27N3O4/c1-23(2)20(26)18(21-10-13-7-14(11-21)9-15(8-13)12-21)22-19(25)16-3-5-17(6-4-16)24(27)28/h3-6,13-15,18H,7-12H2,1-2H3,(H,22,25)/t13?,14?,15?,18-,21?/m0/s1. The van der Waals surface area contributed by atoms with E-state index >= 15 is 0 Å². The predicted octanol–water partition coefficient (Wildman–Crippen LogP) is 3.00. The van der Waals surface area contributed by atoms with Crippen LogP contribution in [0.4, 0.5) is 5.69 Å². The Labute approximate surface area is 164 Å². The lowest BCUT2D eigenvalue weighted by atomic mass is 9.47. The minimum Gasteiger partial charge on any atom is -0.347 e. The van der Waals surface area contributed by atoms with Crippen LogP contribution in [0, 0.1) is 33.3 Å². The third kappa shape index (κ3) is 3.27. The minimum absolute atomic E-state index is 0.0569. The average Bonchev–Trinajstić information content (AvgIpc) is 2.64. The fourth-order valence-corrected chi connectivity index (χ4v) is 6.22. The smallest absolute Gasteiger partial charge is 0.269 e. The van der Waals surface area contributed by atoms with E-state index in [-0.39, 0.29) is 22.9 Å². The summed E-state index contributed by atoms with van der Waals surface area (Å²) in [4.78, 5) is 37.9. The Morgan fingerprint density at radius 1 is 1.07 bits per heavy atom. The van der Waals surface area contributed by atoms with Crippen molar-refractivity contribution in [2.24, 2.45) is 23.2 Å². The van der Waals surface area contributed by atoms with Crippen molar-refractivity contribution in [2.45, 2.75) is 44.6 Å². The number of non-ortho nitro benzene ring substituents is 1. The van der Waals surface area contributed by atoms with E-state index in [0.717, 1.165) is 19.3 Å². The van der Waals surface area contributed by atoms with Crippen molar-refractivity contribution in [2.75, 3.05) is 14.1 Å². The van der Waals surface area contributed by atoms with Crippen LogP contribution in [0.15, 0.2) is 24.3 Å². The molecule has 4 aliphatic carbocycles. The van der Waals surface area contributed by atoms with Crippen molar-refractivity contribution < 1.29 is 14.5 Å². The maximum absolute atomic E-state index is 13.1. The zero-order valence-corrected chi connectivity index (χ0v) is 16.4. The highest BCUT2D eigenvalue weighted by Gasteiger charge is 2.56. The fraction of sp³-hybridized carbons (Fsp3) is 0.619. The van der Waals surface area contributed by atoms with Crippen molar-refractivity contribution in [3.8, 4) is 0 Å². The topological polar surface area (TPSA) is 92.6 Å². The number of nitrogens with one attached hydrogen (secondary N) is 1. The molecule has 1 aromatic rings. The predicted molar refractivity (Wildman–Crippen MR) is 104 cm³/mol. The SMILES string of the molecule is CN(C)C(=O)[C@H](NC(=O)c1ccc([N+](=O)[O-])cc1)C12CC3CC(CC(C3)C1)C2. The zero-order valence-electron chi connectivity index (χ0n) is 16.4. The number of rotatable bonds is 5. The van der Waals surface area contributed by atoms with Gasteiger partial charge in [0, 0.05) is 37.2 Å². The Morgan fingerprint density at radius 3 is 2.00 bits per heavy atom. The van der Waals surface area contributed by atoms with Crippen molar-refractivity contribution in [3.05, 3.63) is 39.9 Å². The molecule has 0 radical (unpaired) electrons. The van der Waals surface area contributed by atoms with Crippen LogP contribution >= 0.6 is 0 Å². The van der Waals surface area contributed by atoms with Crippen molar-refractivity contribution in [3.63, 3.8) is 0 Å². The first-order valence-corrected chi connectivity index (χ1v) is 10.0. The van der Waals surface area contributed by atoms with Gasteiger partial charge in [-0.3, -0.25) is 19.7 Å². The molecule has 7 heteroatoms. The van der Waals surface area contributed by atoms with Crippen LogP contribution in [-0.2, 0) is 4.79 Å². The van der Waals surface area contributed by atoms with E-state index in [2.05, 4.69) is 5.32 Å². The summed E-state index contributed by atoms with van der Waals surface area (Å²) in [5, 5.41) is 13.9. The molecule has 0 saturated heterocycles. The Morgan fingerprint density at radius 2 is 1.57 bits per heavy atom. The molecule has 0 aromatic heterocycles. The molecule has 4 aliphatic rings. The largest absolute Gasteiger partial charge is 0.347 e. The molecule has 7 nitrogen and oxygen atoms in total. The highest BCUT2D eigenvalue weighted by atomic mass is 16.6. The van der Waals surface area contributed by atoms with E-state index in [1.54, 1.807) is 19.0 Å². The monoisotopic (exact) mass is 385 g/mol. The van der Waals surface area contributed by atoms with Crippen molar-refractivity contribution in [1.82, 2.24) is 10.2 Å². The maximum atomic E-state index is 13.1. The van der Waals surface area contributed by atoms with E-state index in [1.165, 1.54) is 43.5 Å². The molecule has 5 rings (SSSR count). The van der Waals surface area contributed by atoms with Gasteiger partial charge in [0.1, 0.15) is 6.04 Å². The normalized spacial score (nSPS) is 31.3. The Bertz CT molecular complexity index is 767. The van der Waals surface area contributed by atoms with E-state index in [4.69, 9.17) is 0 Å². The molecule has 28 heavy (non-hydrogen) atoms. The number of likely N-dealkylation sites (N-methyl/N-ethyl adjacent to an activating group) is 1. The summed E-state index contributed by atoms with van der Waals surface area (Å²) in [6, 6.07) is 5.00. The highest BCUT2D eigenvalue weighted by Crippen LogP contribution is 2.61. The molecule has 1 N–H and O–H groups in total. The van der Waals surface area contributed by atoms with Crippen molar-refractivity contribution in [1.29, 1.82) is 0 Å². The van der Waals surface area contributed by atoms with Crippen LogP contribution in [0.1, 0.15) is 48.9 Å². The van der Waals surface area contributed by atoms with E-state index in [9.17, 15) is 19.7 Å². The molecule has 1 aromatic carbocycles. The lowest BCUT2D eigenvalue weighted by Gasteiger charge is -2.59. The summed E-state index contributed by atoms with van der Waals surface area (Å²) in [5.74, 6) is 1.60. The van der Waals surface area contributed by atoms with Gasteiger partial charge in [-0.1, -0.05) is 0 Å². The summed E-state index contributed by atoms with van der Waals surface area (Å²) in [5.41, 5.74) is 0.123. The first-order valence-electron chi connectivity index (χ1n) is 10.0. The minimum atomic E-state index is -0.543. The molecule has 0 spiro atoms. The van der Waals surface area contributed by atoms with E-state index in [0.29, 0.717) is 23.3 Å². The molecule has 4 fully saturated rings. The second-order valence-corrected chi connectivity index (χ2v) is 9.22. The first-order chi connectivity index (χ1) is 13.3. The van der Waals surface area contributed by atoms with Gasteiger partial charge in [-0.15, -0.1) is 0 Å². The third-order valence-electron chi connectivity index (χ3n) is 7.00.